The molecular formula is C49H61N9O12S2. The number of para-hydroxylation sites is 1. The number of thioether (sulfide) groups is 2. The molecule has 23 heteroatoms. The van der Waals surface area contributed by atoms with Crippen LogP contribution in [0.5, 0.6) is 0 Å². The molecule has 1 heterocycles. The van der Waals surface area contributed by atoms with Gasteiger partial charge >= 0.3 is 11.9 Å². The zero-order chi connectivity index (χ0) is 52.7. The summed E-state index contributed by atoms with van der Waals surface area (Å²) in [5, 5.41) is 37.6. The maximum absolute atomic E-state index is 14.3. The normalized spacial score (nSPS) is 13.4. The van der Waals surface area contributed by atoms with E-state index in [1.54, 1.807) is 91.5 Å². The number of amides is 8. The van der Waals surface area contributed by atoms with Gasteiger partial charge in [-0.3, -0.25) is 47.9 Å². The molecule has 8 amide bonds. The number of primary amides is 1. The molecule has 4 aromatic rings. The molecule has 6 atom stereocenters. The average Bonchev–Trinajstić information content (AvgIpc) is 3.74. The molecule has 0 bridgehead atoms. The van der Waals surface area contributed by atoms with Gasteiger partial charge in [-0.2, -0.15) is 23.5 Å². The van der Waals surface area contributed by atoms with Crippen molar-refractivity contribution in [3.63, 3.8) is 0 Å². The molecule has 4 rings (SSSR count). The molecule has 386 valence electrons. The lowest BCUT2D eigenvalue weighted by atomic mass is 10.0. The van der Waals surface area contributed by atoms with Crippen molar-refractivity contribution in [2.75, 3.05) is 30.6 Å². The Morgan fingerprint density at radius 2 is 1.10 bits per heavy atom. The van der Waals surface area contributed by atoms with Crippen molar-refractivity contribution in [2.24, 2.45) is 5.73 Å². The zero-order valence-corrected chi connectivity index (χ0v) is 41.6. The fourth-order valence-electron chi connectivity index (χ4n) is 7.55. The minimum Gasteiger partial charge on any atom is -0.481 e. The third-order valence-electron chi connectivity index (χ3n) is 11.1. The van der Waals surface area contributed by atoms with E-state index in [-0.39, 0.29) is 38.5 Å². The Kier molecular flexibility index (Phi) is 23.1. The third kappa shape index (κ3) is 19.1. The van der Waals surface area contributed by atoms with Crippen molar-refractivity contribution in [3.8, 4) is 0 Å². The second-order valence-corrected chi connectivity index (χ2v) is 18.7. The van der Waals surface area contributed by atoms with E-state index in [1.165, 1.54) is 30.4 Å². The van der Waals surface area contributed by atoms with Gasteiger partial charge in [-0.25, -0.2) is 0 Å². The summed E-state index contributed by atoms with van der Waals surface area (Å²) in [6.45, 7) is 0.561. The van der Waals surface area contributed by atoms with Crippen LogP contribution in [0, 0.1) is 0 Å². The molecule has 0 saturated carbocycles. The van der Waals surface area contributed by atoms with Crippen molar-refractivity contribution in [1.29, 1.82) is 0 Å². The van der Waals surface area contributed by atoms with Crippen LogP contribution in [0.3, 0.4) is 0 Å². The highest BCUT2D eigenvalue weighted by Gasteiger charge is 2.33. The quantitative estimate of drug-likeness (QED) is 0.0336. The fourth-order valence-corrected chi connectivity index (χ4v) is 8.49. The number of carboxylic acids is 2. The van der Waals surface area contributed by atoms with Crippen LogP contribution in [0.2, 0.25) is 0 Å². The Hall–Kier alpha value is -7.40. The van der Waals surface area contributed by atoms with E-state index < -0.39 is 108 Å². The zero-order valence-electron chi connectivity index (χ0n) is 40.0. The summed E-state index contributed by atoms with van der Waals surface area (Å²) in [5.74, 6) is -8.22. The summed E-state index contributed by atoms with van der Waals surface area (Å²) in [6, 6.07) is 14.3. The first-order chi connectivity index (χ1) is 34.4. The number of nitrogens with one attached hydrogen (secondary N) is 8. The van der Waals surface area contributed by atoms with Gasteiger partial charge in [0.1, 0.15) is 36.3 Å². The van der Waals surface area contributed by atoms with Crippen LogP contribution < -0.4 is 43.0 Å². The topological polar surface area (TPSA) is 337 Å². The van der Waals surface area contributed by atoms with Crippen LogP contribution in [0.15, 0.2) is 85.1 Å². The van der Waals surface area contributed by atoms with Crippen LogP contribution in [-0.4, -0.2) is 141 Å². The molecule has 0 aliphatic heterocycles. The number of H-pyrrole nitrogens is 1. The number of hydrogen-bond acceptors (Lipinski definition) is 12. The summed E-state index contributed by atoms with van der Waals surface area (Å²) in [5.41, 5.74) is 8.62. The molecular weight excluding hydrogens is 971 g/mol. The Labute approximate surface area is 424 Å². The first kappa shape index (κ1) is 57.2. The second kappa shape index (κ2) is 29.1. The number of benzene rings is 3. The highest BCUT2D eigenvalue weighted by Crippen LogP contribution is 2.20. The molecule has 21 nitrogen and oxygen atoms in total. The molecule has 12 N–H and O–H groups in total. The summed E-state index contributed by atoms with van der Waals surface area (Å²) in [6.07, 6.45) is 4.05. The van der Waals surface area contributed by atoms with Crippen molar-refractivity contribution in [2.45, 2.75) is 88.1 Å². The van der Waals surface area contributed by atoms with Crippen LogP contribution in [-0.2, 0) is 73.6 Å². The first-order valence-corrected chi connectivity index (χ1v) is 25.6. The maximum Gasteiger partial charge on any atom is 0.307 e. The van der Waals surface area contributed by atoms with Gasteiger partial charge in [0.25, 0.3) is 0 Å². The second-order valence-electron chi connectivity index (χ2n) is 16.7. The Balaban J connectivity index is 1.51. The lowest BCUT2D eigenvalue weighted by Gasteiger charge is -2.26. The number of aromatic nitrogens is 1. The van der Waals surface area contributed by atoms with Crippen LogP contribution in [0.1, 0.15) is 48.4 Å². The van der Waals surface area contributed by atoms with Crippen molar-refractivity contribution < 1.29 is 58.2 Å². The van der Waals surface area contributed by atoms with Crippen molar-refractivity contribution in [3.05, 3.63) is 107 Å². The minimum atomic E-state index is -1.70. The molecule has 0 aliphatic carbocycles. The predicted molar refractivity (Wildman–Crippen MR) is 271 cm³/mol. The molecule has 0 radical (unpaired) electrons. The van der Waals surface area contributed by atoms with E-state index in [1.807, 2.05) is 6.07 Å². The number of carbonyl (C=O) groups is 10. The van der Waals surface area contributed by atoms with E-state index in [9.17, 15) is 58.2 Å². The van der Waals surface area contributed by atoms with E-state index in [0.717, 1.165) is 10.9 Å². The van der Waals surface area contributed by atoms with Crippen molar-refractivity contribution in [1.82, 2.24) is 42.2 Å². The summed E-state index contributed by atoms with van der Waals surface area (Å²) < 4.78 is 0. The van der Waals surface area contributed by atoms with Gasteiger partial charge in [-0.1, -0.05) is 72.8 Å². The van der Waals surface area contributed by atoms with Gasteiger partial charge in [0.15, 0.2) is 0 Å². The molecule has 0 fully saturated rings. The highest BCUT2D eigenvalue weighted by molar-refractivity contribution is 7.98. The van der Waals surface area contributed by atoms with E-state index in [0.29, 0.717) is 33.8 Å². The van der Waals surface area contributed by atoms with Crippen LogP contribution in [0.4, 0.5) is 0 Å². The van der Waals surface area contributed by atoms with Gasteiger partial charge in [-0.05, 0) is 65.2 Å². The number of aromatic amines is 1. The van der Waals surface area contributed by atoms with Gasteiger partial charge in [0.05, 0.1) is 19.4 Å². The Bertz CT molecular complexity index is 2560. The van der Waals surface area contributed by atoms with Gasteiger partial charge in [-0.15, -0.1) is 0 Å². The molecule has 0 aliphatic rings. The lowest BCUT2D eigenvalue weighted by molar-refractivity contribution is -0.141. The summed E-state index contributed by atoms with van der Waals surface area (Å²) >= 11 is 2.73. The van der Waals surface area contributed by atoms with Crippen LogP contribution >= 0.6 is 23.5 Å². The summed E-state index contributed by atoms with van der Waals surface area (Å²) in [4.78, 5) is 134. The van der Waals surface area contributed by atoms with E-state index in [2.05, 4.69) is 42.2 Å². The molecule has 0 spiro atoms. The summed E-state index contributed by atoms with van der Waals surface area (Å²) in [7, 11) is 0. The number of carbonyl (C=O) groups excluding carboxylic acids is 8. The highest BCUT2D eigenvalue weighted by atomic mass is 32.2. The number of nitrogens with two attached hydrogens (primary N) is 1. The number of fused-ring (bicyclic) bond motifs is 1. The Morgan fingerprint density at radius 1 is 0.569 bits per heavy atom. The predicted octanol–water partition coefficient (Wildman–Crippen LogP) is 0.334. The minimum absolute atomic E-state index is 0.00490. The smallest absolute Gasteiger partial charge is 0.307 e. The lowest BCUT2D eigenvalue weighted by Crippen LogP contribution is -2.59. The van der Waals surface area contributed by atoms with Gasteiger partial charge in [0.2, 0.25) is 47.3 Å². The first-order valence-electron chi connectivity index (χ1n) is 22.8. The number of rotatable bonds is 30. The Morgan fingerprint density at radius 3 is 1.71 bits per heavy atom. The van der Waals surface area contributed by atoms with E-state index >= 15 is 0 Å². The molecule has 3 aromatic carbocycles. The van der Waals surface area contributed by atoms with Gasteiger partial charge in [0, 0.05) is 43.3 Å². The van der Waals surface area contributed by atoms with E-state index in [4.69, 9.17) is 5.73 Å². The average molecular weight is 1030 g/mol. The fraction of sp³-hybridized carbons (Fsp3) is 0.388. The monoisotopic (exact) mass is 1030 g/mol. The largest absolute Gasteiger partial charge is 0.481 e. The molecule has 1 unspecified atom stereocenters. The SMILES string of the molecule is CSCC[C@H](NC(=O)C(Cc1cccc(CC(=O)O)c1)NC(C)=O)C(=O)NCC(=O)N[C@@H](Cc1c[nH]c2ccccc12)C(=O)N[C@H](CCSC)C(=O)N[C@@H](CC(=O)O)C(=O)N[C@@H](Cc1ccccc1)C(N)=O. The molecule has 1 aromatic heterocycles. The molecule has 0 saturated heterocycles. The number of carboxylic acid groups (broad SMARTS) is 2. The molecule has 72 heavy (non-hydrogen) atoms. The maximum atomic E-state index is 14.3. The van der Waals surface area contributed by atoms with Gasteiger partial charge < -0.3 is 58.1 Å². The number of aliphatic carboxylic acids is 2. The van der Waals surface area contributed by atoms with Crippen molar-refractivity contribution >= 4 is 93.6 Å². The number of hydrogen-bond donors (Lipinski definition) is 11. The standard InChI is InChI=1S/C49H61N9O12S2/c1-28(59)53-38(22-30-12-9-13-31(20-30)23-42(61)62)47(68)55-35(16-18-71-2)45(66)52-27-41(60)54-39(24-32-26-51-34-15-8-7-14-33(32)34)48(69)56-36(17-19-72-3)46(67)58-40(25-43(63)64)49(70)57-37(44(50)65)21-29-10-5-4-6-11-29/h4-15,20,26,35-40,51H,16-19,21-25,27H2,1-3H3,(H2,50,65)(H,52,66)(H,53,59)(H,54,60)(H,55,68)(H,56,69)(H,57,70)(H,58,67)(H,61,62)(H,63,64)/t35-,36+,37-,38?,39-,40-/m0/s1. The third-order valence-corrected chi connectivity index (χ3v) is 12.4. The van der Waals surface area contributed by atoms with Crippen LogP contribution in [0.25, 0.3) is 10.9 Å².